The third-order valence-electron chi connectivity index (χ3n) is 4.23. The van der Waals surface area contributed by atoms with Crippen molar-refractivity contribution >= 4 is 11.6 Å². The first kappa shape index (κ1) is 13.7. The third kappa shape index (κ3) is 2.89. The van der Waals surface area contributed by atoms with Gasteiger partial charge in [0.1, 0.15) is 0 Å². The summed E-state index contributed by atoms with van der Waals surface area (Å²) in [6.07, 6.45) is 3.41. The zero-order valence-corrected chi connectivity index (χ0v) is 12.6. The molecule has 1 atom stereocenters. The summed E-state index contributed by atoms with van der Waals surface area (Å²) >= 11 is 6.05. The summed E-state index contributed by atoms with van der Waals surface area (Å²) in [5.74, 6) is 0. The summed E-state index contributed by atoms with van der Waals surface area (Å²) in [4.78, 5) is 0. The summed E-state index contributed by atoms with van der Waals surface area (Å²) in [5, 5.41) is 4.54. The maximum absolute atomic E-state index is 6.05. The van der Waals surface area contributed by atoms with E-state index in [1.54, 1.807) is 0 Å². The largest absolute Gasteiger partial charge is 0.310 e. The minimum Gasteiger partial charge on any atom is -0.310 e. The van der Waals surface area contributed by atoms with Crippen LogP contribution in [-0.4, -0.2) is 6.54 Å². The van der Waals surface area contributed by atoms with E-state index in [1.807, 2.05) is 6.07 Å². The Hall–Kier alpha value is -1.31. The van der Waals surface area contributed by atoms with Crippen LogP contribution in [0.25, 0.3) is 0 Å². The van der Waals surface area contributed by atoms with Gasteiger partial charge in [-0.2, -0.15) is 0 Å². The lowest BCUT2D eigenvalue weighted by atomic mass is 10.1. The standard InChI is InChI=1S/C18H20ClN/c1-13-4-2-3-5-14(13)10-11-20-18-9-6-15-12-16(19)7-8-17(15)18/h2-5,7-8,12,18,20H,6,9-11H2,1H3. The molecule has 0 aliphatic heterocycles. The minimum atomic E-state index is 0.492. The van der Waals surface area contributed by atoms with Crippen LogP contribution in [0, 0.1) is 6.92 Å². The van der Waals surface area contributed by atoms with Gasteiger partial charge in [-0.1, -0.05) is 41.9 Å². The molecular formula is C18H20ClN. The van der Waals surface area contributed by atoms with Gasteiger partial charge in [-0.3, -0.25) is 0 Å². The highest BCUT2D eigenvalue weighted by Crippen LogP contribution is 2.32. The fourth-order valence-electron chi connectivity index (χ4n) is 3.07. The Morgan fingerprint density at radius 2 is 2.05 bits per heavy atom. The molecule has 0 spiro atoms. The van der Waals surface area contributed by atoms with Crippen molar-refractivity contribution in [2.24, 2.45) is 0 Å². The number of halogens is 1. The lowest BCUT2D eigenvalue weighted by molar-refractivity contribution is 0.533. The minimum absolute atomic E-state index is 0.492. The van der Waals surface area contributed by atoms with Crippen LogP contribution >= 0.6 is 11.6 Å². The summed E-state index contributed by atoms with van der Waals surface area (Å²) in [6.45, 7) is 3.21. The molecule has 1 N–H and O–H groups in total. The van der Waals surface area contributed by atoms with Crippen molar-refractivity contribution in [1.29, 1.82) is 0 Å². The Bertz CT molecular complexity index is 606. The average molecular weight is 286 g/mol. The molecular weight excluding hydrogens is 266 g/mol. The normalized spacial score (nSPS) is 17.2. The Labute approximate surface area is 126 Å². The zero-order chi connectivity index (χ0) is 13.9. The fraction of sp³-hybridized carbons (Fsp3) is 0.333. The second-order valence-corrected chi connectivity index (χ2v) is 6.00. The lowest BCUT2D eigenvalue weighted by Crippen LogP contribution is -2.22. The average Bonchev–Trinajstić information content (AvgIpc) is 2.83. The Morgan fingerprint density at radius 1 is 1.20 bits per heavy atom. The van der Waals surface area contributed by atoms with Gasteiger partial charge in [0.15, 0.2) is 0 Å². The van der Waals surface area contributed by atoms with Crippen molar-refractivity contribution < 1.29 is 0 Å². The molecule has 0 saturated heterocycles. The molecule has 0 heterocycles. The van der Waals surface area contributed by atoms with E-state index >= 15 is 0 Å². The molecule has 2 aromatic carbocycles. The number of hydrogen-bond donors (Lipinski definition) is 1. The molecule has 3 rings (SSSR count). The van der Waals surface area contributed by atoms with Crippen molar-refractivity contribution in [2.75, 3.05) is 6.54 Å². The van der Waals surface area contributed by atoms with Gasteiger partial charge in [-0.15, -0.1) is 0 Å². The van der Waals surface area contributed by atoms with Gasteiger partial charge >= 0.3 is 0 Å². The summed E-state index contributed by atoms with van der Waals surface area (Å²) in [6, 6.07) is 15.4. The van der Waals surface area contributed by atoms with Crippen LogP contribution in [0.4, 0.5) is 0 Å². The SMILES string of the molecule is Cc1ccccc1CCNC1CCc2cc(Cl)ccc21. The van der Waals surface area contributed by atoms with Gasteiger partial charge in [-0.25, -0.2) is 0 Å². The first-order chi connectivity index (χ1) is 9.74. The highest BCUT2D eigenvalue weighted by atomic mass is 35.5. The highest BCUT2D eigenvalue weighted by Gasteiger charge is 2.21. The smallest absolute Gasteiger partial charge is 0.0408 e. The zero-order valence-electron chi connectivity index (χ0n) is 11.8. The molecule has 0 radical (unpaired) electrons. The Balaban J connectivity index is 1.60. The van der Waals surface area contributed by atoms with E-state index in [2.05, 4.69) is 48.6 Å². The Kier molecular flexibility index (Phi) is 4.09. The van der Waals surface area contributed by atoms with Gasteiger partial charge < -0.3 is 5.32 Å². The fourth-order valence-corrected chi connectivity index (χ4v) is 3.26. The van der Waals surface area contributed by atoms with Gasteiger partial charge in [0, 0.05) is 11.1 Å². The number of fused-ring (bicyclic) bond motifs is 1. The van der Waals surface area contributed by atoms with Crippen molar-refractivity contribution in [3.8, 4) is 0 Å². The molecule has 2 heteroatoms. The van der Waals surface area contributed by atoms with Gasteiger partial charge in [0.05, 0.1) is 0 Å². The van der Waals surface area contributed by atoms with Crippen molar-refractivity contribution in [3.05, 3.63) is 69.7 Å². The molecule has 20 heavy (non-hydrogen) atoms. The van der Waals surface area contributed by atoms with Crippen LogP contribution in [-0.2, 0) is 12.8 Å². The van der Waals surface area contributed by atoms with Gasteiger partial charge in [-0.05, 0) is 67.1 Å². The molecule has 1 nitrogen and oxygen atoms in total. The molecule has 0 bridgehead atoms. The second-order valence-electron chi connectivity index (χ2n) is 5.57. The van der Waals surface area contributed by atoms with Gasteiger partial charge in [0.25, 0.3) is 0 Å². The molecule has 0 amide bonds. The number of hydrogen-bond acceptors (Lipinski definition) is 1. The molecule has 1 aliphatic rings. The van der Waals surface area contributed by atoms with Crippen LogP contribution in [0.3, 0.4) is 0 Å². The molecule has 2 aromatic rings. The summed E-state index contributed by atoms with van der Waals surface area (Å²) < 4.78 is 0. The van der Waals surface area contributed by atoms with Crippen LogP contribution < -0.4 is 5.32 Å². The highest BCUT2D eigenvalue weighted by molar-refractivity contribution is 6.30. The quantitative estimate of drug-likeness (QED) is 0.874. The van der Waals surface area contributed by atoms with E-state index < -0.39 is 0 Å². The van der Waals surface area contributed by atoms with E-state index in [4.69, 9.17) is 11.6 Å². The van der Waals surface area contributed by atoms with Gasteiger partial charge in [0.2, 0.25) is 0 Å². The summed E-state index contributed by atoms with van der Waals surface area (Å²) in [5.41, 5.74) is 5.66. The van der Waals surface area contributed by atoms with E-state index in [-0.39, 0.29) is 0 Å². The topological polar surface area (TPSA) is 12.0 Å². The number of benzene rings is 2. The van der Waals surface area contributed by atoms with Crippen molar-refractivity contribution in [2.45, 2.75) is 32.2 Å². The monoisotopic (exact) mass is 285 g/mol. The first-order valence-corrected chi connectivity index (χ1v) is 7.68. The summed E-state index contributed by atoms with van der Waals surface area (Å²) in [7, 11) is 0. The molecule has 1 unspecified atom stereocenters. The molecule has 0 aromatic heterocycles. The number of nitrogens with one attached hydrogen (secondary N) is 1. The van der Waals surface area contributed by atoms with Crippen LogP contribution in [0.2, 0.25) is 5.02 Å². The van der Waals surface area contributed by atoms with Crippen LogP contribution in [0.1, 0.15) is 34.7 Å². The predicted molar refractivity (Wildman–Crippen MR) is 85.4 cm³/mol. The van der Waals surface area contributed by atoms with E-state index in [0.717, 1.165) is 24.4 Å². The predicted octanol–water partition coefficient (Wildman–Crippen LogP) is 4.47. The molecule has 0 saturated carbocycles. The van der Waals surface area contributed by atoms with Crippen molar-refractivity contribution in [3.63, 3.8) is 0 Å². The third-order valence-corrected chi connectivity index (χ3v) is 4.46. The maximum Gasteiger partial charge on any atom is 0.0408 e. The number of aryl methyl sites for hydroxylation is 2. The Morgan fingerprint density at radius 3 is 2.90 bits per heavy atom. The van der Waals surface area contributed by atoms with Crippen LogP contribution in [0.15, 0.2) is 42.5 Å². The van der Waals surface area contributed by atoms with E-state index in [9.17, 15) is 0 Å². The maximum atomic E-state index is 6.05. The van der Waals surface area contributed by atoms with E-state index in [1.165, 1.54) is 28.7 Å². The second kappa shape index (κ2) is 5.99. The lowest BCUT2D eigenvalue weighted by Gasteiger charge is -2.14. The van der Waals surface area contributed by atoms with Crippen LogP contribution in [0.5, 0.6) is 0 Å². The molecule has 1 aliphatic carbocycles. The molecule has 0 fully saturated rings. The number of rotatable bonds is 4. The van der Waals surface area contributed by atoms with E-state index in [0.29, 0.717) is 6.04 Å². The first-order valence-electron chi connectivity index (χ1n) is 7.30. The van der Waals surface area contributed by atoms with Crippen molar-refractivity contribution in [1.82, 2.24) is 5.32 Å². The molecule has 104 valence electrons.